The second kappa shape index (κ2) is 4.63. The van der Waals surface area contributed by atoms with E-state index in [2.05, 4.69) is 0 Å². The summed E-state index contributed by atoms with van der Waals surface area (Å²) in [6.07, 6.45) is 5.34. The van der Waals surface area contributed by atoms with Gasteiger partial charge >= 0.3 is 0 Å². The lowest BCUT2D eigenvalue weighted by Crippen LogP contribution is -2.48. The van der Waals surface area contributed by atoms with Crippen LogP contribution >= 0.6 is 0 Å². The van der Waals surface area contributed by atoms with Gasteiger partial charge in [0.05, 0.1) is 5.75 Å². The molecule has 0 aromatic heterocycles. The number of rotatable bonds is 1. The Morgan fingerprint density at radius 3 is 2.50 bits per heavy atom. The predicted molar refractivity (Wildman–Crippen MR) is 64.5 cm³/mol. The van der Waals surface area contributed by atoms with Crippen LogP contribution in [-0.2, 0) is 10.0 Å². The zero-order chi connectivity index (χ0) is 11.8. The molecule has 0 radical (unpaired) electrons. The minimum absolute atomic E-state index is 0.0302. The third-order valence-electron chi connectivity index (χ3n) is 3.75. The molecule has 3 unspecified atom stereocenters. The number of hydrogen-bond acceptors (Lipinski definition) is 3. The van der Waals surface area contributed by atoms with E-state index in [0.717, 1.165) is 25.7 Å². The van der Waals surface area contributed by atoms with Crippen molar-refractivity contribution in [1.82, 2.24) is 4.31 Å². The van der Waals surface area contributed by atoms with Crippen LogP contribution in [0.1, 0.15) is 39.0 Å². The second-order valence-electron chi connectivity index (χ2n) is 5.32. The number of sulfonamides is 1. The zero-order valence-electron chi connectivity index (χ0n) is 9.93. The van der Waals surface area contributed by atoms with Crippen molar-refractivity contribution < 1.29 is 8.42 Å². The second-order valence-corrected chi connectivity index (χ2v) is 7.29. The molecule has 94 valence electrons. The monoisotopic (exact) mass is 246 g/mol. The Kier molecular flexibility index (Phi) is 3.56. The average Bonchev–Trinajstić information content (AvgIpc) is 2.37. The highest BCUT2D eigenvalue weighted by Crippen LogP contribution is 2.28. The summed E-state index contributed by atoms with van der Waals surface area (Å²) in [5, 5.41) is 0. The molecule has 16 heavy (non-hydrogen) atoms. The highest BCUT2D eigenvalue weighted by molar-refractivity contribution is 7.89. The molecule has 0 spiro atoms. The van der Waals surface area contributed by atoms with Gasteiger partial charge in [0.25, 0.3) is 0 Å². The van der Waals surface area contributed by atoms with Crippen molar-refractivity contribution in [3.63, 3.8) is 0 Å². The maximum atomic E-state index is 12.0. The molecule has 2 rings (SSSR count). The van der Waals surface area contributed by atoms with Gasteiger partial charge in [-0.1, -0.05) is 26.2 Å². The lowest BCUT2D eigenvalue weighted by atomic mass is 10.0. The third kappa shape index (κ3) is 2.41. The van der Waals surface area contributed by atoms with E-state index in [9.17, 15) is 8.42 Å². The van der Waals surface area contributed by atoms with E-state index < -0.39 is 10.0 Å². The van der Waals surface area contributed by atoms with Crippen molar-refractivity contribution in [3.05, 3.63) is 0 Å². The topological polar surface area (TPSA) is 63.4 Å². The van der Waals surface area contributed by atoms with Crippen molar-refractivity contribution in [3.8, 4) is 0 Å². The zero-order valence-corrected chi connectivity index (χ0v) is 10.7. The van der Waals surface area contributed by atoms with Gasteiger partial charge in [-0.3, -0.25) is 0 Å². The van der Waals surface area contributed by atoms with E-state index in [0.29, 0.717) is 12.3 Å². The molecule has 4 nitrogen and oxygen atoms in total. The van der Waals surface area contributed by atoms with Gasteiger partial charge in [0.2, 0.25) is 10.0 Å². The van der Waals surface area contributed by atoms with Gasteiger partial charge in [-0.25, -0.2) is 8.42 Å². The minimum atomic E-state index is -3.03. The van der Waals surface area contributed by atoms with Crippen LogP contribution in [0.4, 0.5) is 0 Å². The highest BCUT2D eigenvalue weighted by atomic mass is 32.2. The quantitative estimate of drug-likeness (QED) is 0.700. The SMILES string of the molecule is CC1CN(C2CCCCCC2N)S(=O)(=O)C1. The van der Waals surface area contributed by atoms with Crippen molar-refractivity contribution >= 4 is 10.0 Å². The van der Waals surface area contributed by atoms with Gasteiger partial charge in [0.15, 0.2) is 0 Å². The Labute approximate surface area is 98.2 Å². The molecule has 0 amide bonds. The Balaban J connectivity index is 2.16. The van der Waals surface area contributed by atoms with Crippen LogP contribution in [0, 0.1) is 5.92 Å². The Morgan fingerprint density at radius 2 is 1.88 bits per heavy atom. The first-order valence-corrected chi connectivity index (χ1v) is 7.87. The fraction of sp³-hybridized carbons (Fsp3) is 1.00. The lowest BCUT2D eigenvalue weighted by molar-refractivity contribution is 0.269. The van der Waals surface area contributed by atoms with E-state index in [4.69, 9.17) is 5.73 Å². The van der Waals surface area contributed by atoms with Crippen molar-refractivity contribution in [2.75, 3.05) is 12.3 Å². The fourth-order valence-corrected chi connectivity index (χ4v) is 5.12. The maximum absolute atomic E-state index is 12.0. The standard InChI is InChI=1S/C11H22N2O2S/c1-9-7-13(16(14,15)8-9)11-6-4-2-3-5-10(11)12/h9-11H,2-8,12H2,1H3. The van der Waals surface area contributed by atoms with E-state index in [1.807, 2.05) is 6.92 Å². The molecule has 1 saturated carbocycles. The summed E-state index contributed by atoms with van der Waals surface area (Å²) in [5.41, 5.74) is 6.12. The molecular formula is C11H22N2O2S. The van der Waals surface area contributed by atoms with E-state index in [-0.39, 0.29) is 18.0 Å². The fourth-order valence-electron chi connectivity index (χ4n) is 2.94. The Morgan fingerprint density at radius 1 is 1.19 bits per heavy atom. The number of nitrogens with two attached hydrogens (primary N) is 1. The lowest BCUT2D eigenvalue weighted by Gasteiger charge is -2.29. The molecule has 3 atom stereocenters. The Bertz CT molecular complexity index is 342. The first-order chi connectivity index (χ1) is 7.50. The summed E-state index contributed by atoms with van der Waals surface area (Å²) in [5.74, 6) is 0.552. The predicted octanol–water partition coefficient (Wildman–Crippen LogP) is 0.928. The van der Waals surface area contributed by atoms with E-state index in [1.54, 1.807) is 4.31 Å². The van der Waals surface area contributed by atoms with Crippen LogP contribution in [0.3, 0.4) is 0 Å². The largest absolute Gasteiger partial charge is 0.326 e. The number of hydrogen-bond donors (Lipinski definition) is 1. The van der Waals surface area contributed by atoms with Gasteiger partial charge in [-0.15, -0.1) is 0 Å². The summed E-state index contributed by atoms with van der Waals surface area (Å²) in [6, 6.07) is 0.0834. The van der Waals surface area contributed by atoms with Gasteiger partial charge in [-0.05, 0) is 18.8 Å². The molecule has 0 bridgehead atoms. The molecule has 0 aromatic carbocycles. The summed E-state index contributed by atoms with van der Waals surface area (Å²) in [4.78, 5) is 0. The summed E-state index contributed by atoms with van der Waals surface area (Å²) < 4.78 is 25.7. The molecule has 2 fully saturated rings. The molecule has 1 aliphatic carbocycles. The van der Waals surface area contributed by atoms with Crippen LogP contribution in [0.2, 0.25) is 0 Å². The van der Waals surface area contributed by atoms with Crippen LogP contribution in [0.15, 0.2) is 0 Å². The molecule has 5 heteroatoms. The normalized spacial score (nSPS) is 40.8. The molecule has 2 N–H and O–H groups in total. The van der Waals surface area contributed by atoms with Gasteiger partial charge < -0.3 is 5.73 Å². The van der Waals surface area contributed by atoms with Crippen LogP contribution in [-0.4, -0.2) is 37.1 Å². The van der Waals surface area contributed by atoms with E-state index in [1.165, 1.54) is 6.42 Å². The Hall–Kier alpha value is -0.130. The van der Waals surface area contributed by atoms with Crippen molar-refractivity contribution in [1.29, 1.82) is 0 Å². The highest BCUT2D eigenvalue weighted by Gasteiger charge is 2.40. The summed E-state index contributed by atoms with van der Waals surface area (Å²) in [6.45, 7) is 2.67. The van der Waals surface area contributed by atoms with Crippen LogP contribution in [0.25, 0.3) is 0 Å². The molecule has 0 aromatic rings. The molecule has 1 heterocycles. The minimum Gasteiger partial charge on any atom is -0.326 e. The van der Waals surface area contributed by atoms with Crippen molar-refractivity contribution in [2.24, 2.45) is 11.7 Å². The molecule has 1 saturated heterocycles. The summed E-state index contributed by atoms with van der Waals surface area (Å²) >= 11 is 0. The third-order valence-corrected chi connectivity index (χ3v) is 5.87. The molecular weight excluding hydrogens is 224 g/mol. The van der Waals surface area contributed by atoms with Gasteiger partial charge in [0, 0.05) is 18.6 Å². The number of nitrogens with zero attached hydrogens (tertiary/aromatic N) is 1. The van der Waals surface area contributed by atoms with Gasteiger partial charge in [-0.2, -0.15) is 4.31 Å². The first kappa shape index (κ1) is 12.3. The summed E-state index contributed by atoms with van der Waals surface area (Å²) in [7, 11) is -3.03. The van der Waals surface area contributed by atoms with E-state index >= 15 is 0 Å². The maximum Gasteiger partial charge on any atom is 0.214 e. The van der Waals surface area contributed by atoms with Crippen molar-refractivity contribution in [2.45, 2.75) is 51.1 Å². The van der Waals surface area contributed by atoms with Crippen LogP contribution < -0.4 is 5.73 Å². The van der Waals surface area contributed by atoms with Crippen LogP contribution in [0.5, 0.6) is 0 Å². The average molecular weight is 246 g/mol. The smallest absolute Gasteiger partial charge is 0.214 e. The first-order valence-electron chi connectivity index (χ1n) is 6.26. The van der Waals surface area contributed by atoms with Gasteiger partial charge in [0.1, 0.15) is 0 Å². The molecule has 1 aliphatic heterocycles. The molecule has 2 aliphatic rings.